The zero-order valence-corrected chi connectivity index (χ0v) is 13.0. The Labute approximate surface area is 126 Å². The Balaban J connectivity index is 1.92. The molecule has 0 unspecified atom stereocenters. The molecule has 1 aromatic carbocycles. The summed E-state index contributed by atoms with van der Waals surface area (Å²) in [5.41, 5.74) is 2.12. The van der Waals surface area contributed by atoms with Gasteiger partial charge in [-0.2, -0.15) is 5.10 Å². The number of nitrogens with one attached hydrogen (secondary N) is 1. The number of hydrogen-bond donors (Lipinski definition) is 1. The number of benzene rings is 1. The van der Waals surface area contributed by atoms with Gasteiger partial charge in [-0.15, -0.1) is 0 Å². The van der Waals surface area contributed by atoms with E-state index in [1.54, 1.807) is 0 Å². The second-order valence-electron chi connectivity index (χ2n) is 5.41. The van der Waals surface area contributed by atoms with Gasteiger partial charge in [-0.25, -0.2) is 4.39 Å². The van der Waals surface area contributed by atoms with E-state index in [2.05, 4.69) is 48.1 Å². The van der Waals surface area contributed by atoms with E-state index in [1.165, 1.54) is 12.1 Å². The fraction of sp³-hybridized carbons (Fsp3) is 0.471. The molecule has 0 radical (unpaired) electrons. The summed E-state index contributed by atoms with van der Waals surface area (Å²) in [6, 6.07) is 9.33. The summed E-state index contributed by atoms with van der Waals surface area (Å²) in [6.07, 6.45) is 4.24. The van der Waals surface area contributed by atoms with Crippen molar-refractivity contribution < 1.29 is 4.39 Å². The molecule has 0 amide bonds. The molecule has 1 heterocycles. The molecule has 0 saturated carbocycles. The summed E-state index contributed by atoms with van der Waals surface area (Å²) >= 11 is 0. The Bertz CT molecular complexity index is 543. The fourth-order valence-electron chi connectivity index (χ4n) is 2.46. The second kappa shape index (κ2) is 7.36. The molecule has 0 bridgehead atoms. The third-order valence-corrected chi connectivity index (χ3v) is 3.94. The molecular formula is C17H24FN3. The minimum absolute atomic E-state index is 0.170. The molecule has 21 heavy (non-hydrogen) atoms. The van der Waals surface area contributed by atoms with E-state index in [-0.39, 0.29) is 11.9 Å². The SMILES string of the molecule is CCC(CC)n1ccc(CN[C@@H](C)c2ccc(F)cc2)n1. The summed E-state index contributed by atoms with van der Waals surface area (Å²) in [5.74, 6) is -0.199. The average Bonchev–Trinajstić information content (AvgIpc) is 2.96. The van der Waals surface area contributed by atoms with Crippen molar-refractivity contribution in [2.24, 2.45) is 0 Å². The van der Waals surface area contributed by atoms with Crippen LogP contribution >= 0.6 is 0 Å². The average molecular weight is 289 g/mol. The third kappa shape index (κ3) is 4.14. The Morgan fingerprint density at radius 2 is 1.81 bits per heavy atom. The molecule has 1 N–H and O–H groups in total. The lowest BCUT2D eigenvalue weighted by Gasteiger charge is -2.14. The summed E-state index contributed by atoms with van der Waals surface area (Å²) < 4.78 is 15.0. The number of halogens is 1. The van der Waals surface area contributed by atoms with Crippen LogP contribution in [0.2, 0.25) is 0 Å². The van der Waals surface area contributed by atoms with Gasteiger partial charge >= 0.3 is 0 Å². The molecule has 0 spiro atoms. The van der Waals surface area contributed by atoms with Crippen LogP contribution in [0.5, 0.6) is 0 Å². The number of rotatable bonds is 7. The van der Waals surface area contributed by atoms with Crippen LogP contribution < -0.4 is 5.32 Å². The van der Waals surface area contributed by atoms with E-state index in [9.17, 15) is 4.39 Å². The molecule has 2 rings (SSSR count). The lowest BCUT2D eigenvalue weighted by atomic mass is 10.1. The maximum absolute atomic E-state index is 12.9. The van der Waals surface area contributed by atoms with E-state index in [4.69, 9.17) is 0 Å². The molecule has 0 aliphatic rings. The maximum atomic E-state index is 12.9. The van der Waals surface area contributed by atoms with Crippen LogP contribution in [0.15, 0.2) is 36.5 Å². The van der Waals surface area contributed by atoms with Crippen molar-refractivity contribution in [3.05, 3.63) is 53.6 Å². The van der Waals surface area contributed by atoms with Crippen molar-refractivity contribution >= 4 is 0 Å². The van der Waals surface area contributed by atoms with Crippen LogP contribution in [0.3, 0.4) is 0 Å². The highest BCUT2D eigenvalue weighted by atomic mass is 19.1. The monoisotopic (exact) mass is 289 g/mol. The predicted octanol–water partition coefficient (Wildman–Crippen LogP) is 4.23. The molecular weight excluding hydrogens is 265 g/mol. The standard InChI is InChI=1S/C17H24FN3/c1-4-17(5-2)21-11-10-16(20-21)12-19-13(3)14-6-8-15(18)9-7-14/h6-11,13,17,19H,4-5,12H2,1-3H3/t13-/m0/s1. The number of aromatic nitrogens is 2. The van der Waals surface area contributed by atoms with Crippen molar-refractivity contribution in [1.82, 2.24) is 15.1 Å². The van der Waals surface area contributed by atoms with Crippen molar-refractivity contribution in [3.63, 3.8) is 0 Å². The van der Waals surface area contributed by atoms with Crippen molar-refractivity contribution in [2.75, 3.05) is 0 Å². The summed E-state index contributed by atoms with van der Waals surface area (Å²) in [5, 5.41) is 8.05. The van der Waals surface area contributed by atoms with Gasteiger partial charge in [0.1, 0.15) is 5.82 Å². The number of nitrogens with zero attached hydrogens (tertiary/aromatic N) is 2. The summed E-state index contributed by atoms with van der Waals surface area (Å²) in [4.78, 5) is 0. The quantitative estimate of drug-likeness (QED) is 0.826. The molecule has 114 valence electrons. The molecule has 1 aromatic heterocycles. The molecule has 0 aliphatic heterocycles. The van der Waals surface area contributed by atoms with E-state index >= 15 is 0 Å². The van der Waals surface area contributed by atoms with E-state index in [1.807, 2.05) is 12.1 Å². The predicted molar refractivity (Wildman–Crippen MR) is 83.5 cm³/mol. The van der Waals surface area contributed by atoms with Crippen LogP contribution in [-0.2, 0) is 6.54 Å². The molecule has 1 atom stereocenters. The van der Waals surface area contributed by atoms with Gasteiger partial charge in [-0.3, -0.25) is 4.68 Å². The first-order valence-electron chi connectivity index (χ1n) is 7.66. The van der Waals surface area contributed by atoms with Gasteiger partial charge in [0.2, 0.25) is 0 Å². The Morgan fingerprint density at radius 3 is 2.43 bits per heavy atom. The smallest absolute Gasteiger partial charge is 0.123 e. The van der Waals surface area contributed by atoms with Gasteiger partial charge in [0.05, 0.1) is 11.7 Å². The first kappa shape index (κ1) is 15.7. The number of hydrogen-bond acceptors (Lipinski definition) is 2. The zero-order chi connectivity index (χ0) is 15.2. The Hall–Kier alpha value is -1.68. The highest BCUT2D eigenvalue weighted by molar-refractivity contribution is 5.19. The minimum Gasteiger partial charge on any atom is -0.304 e. The minimum atomic E-state index is -0.199. The molecule has 0 saturated heterocycles. The third-order valence-electron chi connectivity index (χ3n) is 3.94. The van der Waals surface area contributed by atoms with Crippen LogP contribution in [0.4, 0.5) is 4.39 Å². The lowest BCUT2D eigenvalue weighted by Crippen LogP contribution is -2.19. The second-order valence-corrected chi connectivity index (χ2v) is 5.41. The summed E-state index contributed by atoms with van der Waals surface area (Å²) in [6.45, 7) is 7.16. The van der Waals surface area contributed by atoms with Crippen molar-refractivity contribution in [2.45, 2.75) is 52.2 Å². The largest absolute Gasteiger partial charge is 0.304 e. The summed E-state index contributed by atoms with van der Waals surface area (Å²) in [7, 11) is 0. The topological polar surface area (TPSA) is 29.9 Å². The van der Waals surface area contributed by atoms with Gasteiger partial charge < -0.3 is 5.32 Å². The van der Waals surface area contributed by atoms with Crippen LogP contribution in [0.1, 0.15) is 57.0 Å². The molecule has 4 heteroatoms. The zero-order valence-electron chi connectivity index (χ0n) is 13.0. The molecule has 0 aliphatic carbocycles. The highest BCUT2D eigenvalue weighted by Gasteiger charge is 2.09. The van der Waals surface area contributed by atoms with Crippen LogP contribution in [0, 0.1) is 5.82 Å². The van der Waals surface area contributed by atoms with E-state index in [0.29, 0.717) is 12.6 Å². The normalized spacial score (nSPS) is 12.8. The van der Waals surface area contributed by atoms with Gasteiger partial charge in [-0.05, 0) is 43.5 Å². The lowest BCUT2D eigenvalue weighted by molar-refractivity contribution is 0.423. The Kier molecular flexibility index (Phi) is 5.51. The molecule has 3 nitrogen and oxygen atoms in total. The van der Waals surface area contributed by atoms with E-state index < -0.39 is 0 Å². The van der Waals surface area contributed by atoms with Crippen LogP contribution in [-0.4, -0.2) is 9.78 Å². The van der Waals surface area contributed by atoms with E-state index in [0.717, 1.165) is 24.1 Å². The molecule has 0 fully saturated rings. The van der Waals surface area contributed by atoms with Gasteiger partial charge in [0.25, 0.3) is 0 Å². The van der Waals surface area contributed by atoms with Crippen molar-refractivity contribution in [3.8, 4) is 0 Å². The van der Waals surface area contributed by atoms with Crippen LogP contribution in [0.25, 0.3) is 0 Å². The fourth-order valence-corrected chi connectivity index (χ4v) is 2.46. The molecule has 2 aromatic rings. The van der Waals surface area contributed by atoms with Crippen molar-refractivity contribution in [1.29, 1.82) is 0 Å². The highest BCUT2D eigenvalue weighted by Crippen LogP contribution is 2.16. The Morgan fingerprint density at radius 1 is 1.14 bits per heavy atom. The van der Waals surface area contributed by atoms with Gasteiger partial charge in [0, 0.05) is 18.8 Å². The first-order chi connectivity index (χ1) is 10.1. The maximum Gasteiger partial charge on any atom is 0.123 e. The van der Waals surface area contributed by atoms with Gasteiger partial charge in [-0.1, -0.05) is 26.0 Å². The van der Waals surface area contributed by atoms with Gasteiger partial charge in [0.15, 0.2) is 0 Å². The first-order valence-corrected chi connectivity index (χ1v) is 7.66.